The molecule has 0 spiro atoms. The van der Waals surface area contributed by atoms with Gasteiger partial charge in [0.25, 0.3) is 0 Å². The molecule has 88 valence electrons. The molecule has 1 aliphatic rings. The van der Waals surface area contributed by atoms with Gasteiger partial charge < -0.3 is 9.80 Å². The summed E-state index contributed by atoms with van der Waals surface area (Å²) in [5.41, 5.74) is 0.736. The standard InChI is InChI=1S/C10H16ClN5/c1-7-9(11)13-14-10(12-7)16-5-4-8(6-16)15(2)3/h8H,4-6H2,1-3H3/t8-/m0/s1. The van der Waals surface area contributed by atoms with Crippen LogP contribution in [0.1, 0.15) is 12.1 Å². The average Bonchev–Trinajstić information content (AvgIpc) is 2.71. The highest BCUT2D eigenvalue weighted by atomic mass is 35.5. The van der Waals surface area contributed by atoms with Gasteiger partial charge in [-0.05, 0) is 27.4 Å². The fourth-order valence-corrected chi connectivity index (χ4v) is 1.94. The lowest BCUT2D eigenvalue weighted by Gasteiger charge is -2.20. The van der Waals surface area contributed by atoms with Crippen molar-refractivity contribution < 1.29 is 0 Å². The van der Waals surface area contributed by atoms with Crippen molar-refractivity contribution in [1.82, 2.24) is 20.1 Å². The topological polar surface area (TPSA) is 45.2 Å². The maximum absolute atomic E-state index is 5.80. The maximum Gasteiger partial charge on any atom is 0.245 e. The maximum atomic E-state index is 5.80. The van der Waals surface area contributed by atoms with Gasteiger partial charge in [0.05, 0.1) is 5.69 Å². The van der Waals surface area contributed by atoms with Crippen LogP contribution >= 0.6 is 11.6 Å². The highest BCUT2D eigenvalue weighted by molar-refractivity contribution is 6.29. The second-order valence-electron chi connectivity index (χ2n) is 4.34. The Morgan fingerprint density at radius 2 is 2.12 bits per heavy atom. The van der Waals surface area contributed by atoms with Crippen LogP contribution in [0.25, 0.3) is 0 Å². The van der Waals surface area contributed by atoms with Gasteiger partial charge in [-0.2, -0.15) is 0 Å². The fourth-order valence-electron chi connectivity index (χ4n) is 1.86. The number of aryl methyl sites for hydroxylation is 1. The molecule has 0 aliphatic carbocycles. The quantitative estimate of drug-likeness (QED) is 0.772. The lowest BCUT2D eigenvalue weighted by molar-refractivity contribution is 0.315. The van der Waals surface area contributed by atoms with Gasteiger partial charge >= 0.3 is 0 Å². The first kappa shape index (κ1) is 11.5. The monoisotopic (exact) mass is 241 g/mol. The molecule has 1 aromatic rings. The van der Waals surface area contributed by atoms with Gasteiger partial charge in [-0.1, -0.05) is 11.6 Å². The summed E-state index contributed by atoms with van der Waals surface area (Å²) in [7, 11) is 4.20. The van der Waals surface area contributed by atoms with Crippen molar-refractivity contribution in [3.05, 3.63) is 10.8 Å². The van der Waals surface area contributed by atoms with Crippen LogP contribution in [0.3, 0.4) is 0 Å². The molecule has 0 radical (unpaired) electrons. The zero-order chi connectivity index (χ0) is 11.7. The van der Waals surface area contributed by atoms with Crippen LogP contribution in [-0.4, -0.2) is 53.3 Å². The minimum absolute atomic E-state index is 0.382. The summed E-state index contributed by atoms with van der Waals surface area (Å²) in [5, 5.41) is 8.30. The van der Waals surface area contributed by atoms with Crippen molar-refractivity contribution in [3.63, 3.8) is 0 Å². The zero-order valence-electron chi connectivity index (χ0n) is 9.81. The predicted molar refractivity (Wildman–Crippen MR) is 63.9 cm³/mol. The number of aromatic nitrogens is 3. The van der Waals surface area contributed by atoms with Crippen LogP contribution in [0.2, 0.25) is 5.15 Å². The van der Waals surface area contributed by atoms with Crippen LogP contribution in [0.5, 0.6) is 0 Å². The molecule has 0 aromatic carbocycles. The Balaban J connectivity index is 2.11. The van der Waals surface area contributed by atoms with Crippen LogP contribution in [0, 0.1) is 6.92 Å². The molecule has 0 unspecified atom stereocenters. The zero-order valence-corrected chi connectivity index (χ0v) is 10.6. The van der Waals surface area contributed by atoms with E-state index in [1.165, 1.54) is 0 Å². The number of rotatable bonds is 2. The average molecular weight is 242 g/mol. The summed E-state index contributed by atoms with van der Waals surface area (Å²) in [6, 6.07) is 0.569. The van der Waals surface area contributed by atoms with E-state index in [1.807, 2.05) is 6.92 Å². The second kappa shape index (κ2) is 4.51. The summed E-state index contributed by atoms with van der Waals surface area (Å²) < 4.78 is 0. The van der Waals surface area contributed by atoms with E-state index in [1.54, 1.807) is 0 Å². The van der Waals surface area contributed by atoms with Gasteiger partial charge in [0, 0.05) is 19.1 Å². The summed E-state index contributed by atoms with van der Waals surface area (Å²) in [6.45, 7) is 3.78. The summed E-state index contributed by atoms with van der Waals surface area (Å²) in [5.74, 6) is 0.686. The van der Waals surface area contributed by atoms with E-state index in [0.29, 0.717) is 17.1 Å². The third-order valence-electron chi connectivity index (χ3n) is 2.97. The minimum Gasteiger partial charge on any atom is -0.338 e. The third kappa shape index (κ3) is 2.25. The van der Waals surface area contributed by atoms with Crippen LogP contribution < -0.4 is 4.90 Å². The highest BCUT2D eigenvalue weighted by Crippen LogP contribution is 2.19. The molecule has 16 heavy (non-hydrogen) atoms. The smallest absolute Gasteiger partial charge is 0.245 e. The summed E-state index contributed by atoms with van der Waals surface area (Å²) in [6.07, 6.45) is 1.14. The molecule has 1 fully saturated rings. The minimum atomic E-state index is 0.382. The number of likely N-dealkylation sites (N-methyl/N-ethyl adjacent to an activating group) is 1. The van der Waals surface area contributed by atoms with E-state index in [4.69, 9.17) is 11.6 Å². The lowest BCUT2D eigenvalue weighted by Crippen LogP contribution is -2.32. The fraction of sp³-hybridized carbons (Fsp3) is 0.700. The van der Waals surface area contributed by atoms with Crippen molar-refractivity contribution in [2.75, 3.05) is 32.1 Å². The largest absolute Gasteiger partial charge is 0.338 e. The normalized spacial score (nSPS) is 20.8. The van der Waals surface area contributed by atoms with Crippen LogP contribution in [0.4, 0.5) is 5.95 Å². The Bertz CT molecular complexity index is 381. The second-order valence-corrected chi connectivity index (χ2v) is 4.70. The molecule has 5 nitrogen and oxygen atoms in total. The van der Waals surface area contributed by atoms with E-state index >= 15 is 0 Å². The molecule has 2 rings (SSSR count). The highest BCUT2D eigenvalue weighted by Gasteiger charge is 2.26. The first-order chi connectivity index (χ1) is 7.58. The van der Waals surface area contributed by atoms with Crippen molar-refractivity contribution in [2.24, 2.45) is 0 Å². The molecule has 1 aliphatic heterocycles. The number of halogens is 1. The molecule has 0 bridgehead atoms. The molecule has 0 amide bonds. The molecule has 6 heteroatoms. The van der Waals surface area contributed by atoms with E-state index in [-0.39, 0.29) is 0 Å². The number of hydrogen-bond acceptors (Lipinski definition) is 5. The third-order valence-corrected chi connectivity index (χ3v) is 3.32. The van der Waals surface area contributed by atoms with Gasteiger partial charge in [0.15, 0.2) is 5.15 Å². The van der Waals surface area contributed by atoms with Gasteiger partial charge in [0.1, 0.15) is 0 Å². The van der Waals surface area contributed by atoms with Gasteiger partial charge in [-0.3, -0.25) is 0 Å². The first-order valence-corrected chi connectivity index (χ1v) is 5.74. The van der Waals surface area contributed by atoms with Crippen LogP contribution in [-0.2, 0) is 0 Å². The Kier molecular flexibility index (Phi) is 3.25. The Morgan fingerprint density at radius 3 is 2.69 bits per heavy atom. The molecule has 0 N–H and O–H groups in total. The molecule has 0 saturated carbocycles. The van der Waals surface area contributed by atoms with Gasteiger partial charge in [-0.15, -0.1) is 10.2 Å². The molecule has 2 heterocycles. The van der Waals surface area contributed by atoms with E-state index in [9.17, 15) is 0 Å². The summed E-state index contributed by atoms with van der Waals surface area (Å²) in [4.78, 5) is 8.74. The number of hydrogen-bond donors (Lipinski definition) is 0. The lowest BCUT2D eigenvalue weighted by atomic mass is 10.2. The molecule has 1 aromatic heterocycles. The van der Waals surface area contributed by atoms with Crippen molar-refractivity contribution in [1.29, 1.82) is 0 Å². The van der Waals surface area contributed by atoms with Crippen LogP contribution in [0.15, 0.2) is 0 Å². The van der Waals surface area contributed by atoms with Crippen molar-refractivity contribution in [2.45, 2.75) is 19.4 Å². The van der Waals surface area contributed by atoms with Gasteiger partial charge in [-0.25, -0.2) is 4.98 Å². The van der Waals surface area contributed by atoms with Gasteiger partial charge in [0.2, 0.25) is 5.95 Å². The molecular formula is C10H16ClN5. The number of nitrogens with zero attached hydrogens (tertiary/aromatic N) is 5. The first-order valence-electron chi connectivity index (χ1n) is 5.36. The van der Waals surface area contributed by atoms with Crippen molar-refractivity contribution in [3.8, 4) is 0 Å². The van der Waals surface area contributed by atoms with E-state index < -0.39 is 0 Å². The molecule has 1 atom stereocenters. The molecule has 1 saturated heterocycles. The molecular weight excluding hydrogens is 226 g/mol. The SMILES string of the molecule is Cc1nc(N2CC[C@H](N(C)C)C2)nnc1Cl. The summed E-state index contributed by atoms with van der Waals surface area (Å²) >= 11 is 5.80. The number of anilines is 1. The Hall–Kier alpha value is -0.940. The van der Waals surface area contributed by atoms with E-state index in [2.05, 4.69) is 39.1 Å². The van der Waals surface area contributed by atoms with E-state index in [0.717, 1.165) is 25.2 Å². The van der Waals surface area contributed by atoms with Crippen molar-refractivity contribution >= 4 is 17.5 Å². The Labute approximate surface area is 100 Å². The predicted octanol–water partition coefficient (Wildman–Crippen LogP) is 0.974. The Morgan fingerprint density at radius 1 is 1.38 bits per heavy atom.